The van der Waals surface area contributed by atoms with Crippen molar-refractivity contribution in [1.29, 1.82) is 0 Å². The topological polar surface area (TPSA) is 6.48 Å². The van der Waals surface area contributed by atoms with Gasteiger partial charge in [0.05, 0.1) is 0 Å². The summed E-state index contributed by atoms with van der Waals surface area (Å²) in [6, 6.07) is 15.2. The van der Waals surface area contributed by atoms with E-state index >= 15 is 0 Å². The van der Waals surface area contributed by atoms with Gasteiger partial charge in [-0.05, 0) is 59.1 Å². The van der Waals surface area contributed by atoms with Crippen molar-refractivity contribution in [3.63, 3.8) is 0 Å². The first-order chi connectivity index (χ1) is 11.7. The SMILES string of the molecule is CN(C)CCN(Cc1ccsc1)Cc1cc(-c2ccccc2)cs1. The average Bonchev–Trinajstić information content (AvgIpc) is 3.25. The number of hydrogen-bond acceptors (Lipinski definition) is 4. The minimum absolute atomic E-state index is 1.02. The molecule has 0 bridgehead atoms. The Kier molecular flexibility index (Phi) is 6.21. The van der Waals surface area contributed by atoms with Crippen molar-refractivity contribution >= 4 is 22.7 Å². The molecule has 0 radical (unpaired) electrons. The molecule has 0 unspecified atom stereocenters. The van der Waals surface area contributed by atoms with Crippen LogP contribution in [0.5, 0.6) is 0 Å². The van der Waals surface area contributed by atoms with Crippen molar-refractivity contribution in [2.45, 2.75) is 13.1 Å². The number of likely N-dealkylation sites (N-methyl/N-ethyl adjacent to an activating group) is 1. The summed E-state index contributed by atoms with van der Waals surface area (Å²) >= 11 is 3.65. The molecule has 1 aromatic carbocycles. The molecule has 2 aromatic heterocycles. The molecule has 0 aliphatic heterocycles. The fourth-order valence-electron chi connectivity index (χ4n) is 2.66. The first kappa shape index (κ1) is 17.4. The third-order valence-corrected chi connectivity index (χ3v) is 5.64. The molecule has 0 amide bonds. The van der Waals surface area contributed by atoms with Gasteiger partial charge in [0.15, 0.2) is 0 Å². The summed E-state index contributed by atoms with van der Waals surface area (Å²) in [6.45, 7) is 4.21. The number of nitrogens with zero attached hydrogens (tertiary/aromatic N) is 2. The van der Waals surface area contributed by atoms with E-state index in [4.69, 9.17) is 0 Å². The molecular formula is C20H24N2S2. The van der Waals surface area contributed by atoms with Crippen LogP contribution in [0.1, 0.15) is 10.4 Å². The molecule has 0 atom stereocenters. The maximum Gasteiger partial charge on any atom is 0.0332 e. The van der Waals surface area contributed by atoms with Crippen LogP contribution in [0.2, 0.25) is 0 Å². The van der Waals surface area contributed by atoms with Gasteiger partial charge in [0.25, 0.3) is 0 Å². The number of thiophene rings is 2. The van der Waals surface area contributed by atoms with E-state index in [1.54, 1.807) is 11.3 Å². The second-order valence-corrected chi connectivity index (χ2v) is 8.09. The number of benzene rings is 1. The van der Waals surface area contributed by atoms with Crippen LogP contribution in [0, 0.1) is 0 Å². The van der Waals surface area contributed by atoms with Gasteiger partial charge in [-0.15, -0.1) is 11.3 Å². The summed E-state index contributed by atoms with van der Waals surface area (Å²) in [5, 5.41) is 6.70. The van der Waals surface area contributed by atoms with Crippen LogP contribution in [0.3, 0.4) is 0 Å². The summed E-state index contributed by atoms with van der Waals surface area (Å²) in [5.74, 6) is 0. The van der Waals surface area contributed by atoms with Crippen molar-refractivity contribution in [2.24, 2.45) is 0 Å². The lowest BCUT2D eigenvalue weighted by molar-refractivity contribution is 0.228. The lowest BCUT2D eigenvalue weighted by Crippen LogP contribution is -2.30. The van der Waals surface area contributed by atoms with Crippen LogP contribution >= 0.6 is 22.7 Å². The Labute approximate surface area is 153 Å². The average molecular weight is 357 g/mol. The summed E-state index contributed by atoms with van der Waals surface area (Å²) in [4.78, 5) is 6.23. The predicted molar refractivity (Wildman–Crippen MR) is 107 cm³/mol. The molecule has 0 aliphatic rings. The van der Waals surface area contributed by atoms with Gasteiger partial charge < -0.3 is 4.90 Å². The molecule has 0 spiro atoms. The van der Waals surface area contributed by atoms with Crippen LogP contribution in [-0.4, -0.2) is 37.0 Å². The second kappa shape index (κ2) is 8.58. The maximum atomic E-state index is 2.54. The molecule has 0 fully saturated rings. The highest BCUT2D eigenvalue weighted by atomic mass is 32.1. The predicted octanol–water partition coefficient (Wildman–Crippen LogP) is 5.04. The summed E-state index contributed by atoms with van der Waals surface area (Å²) < 4.78 is 0. The van der Waals surface area contributed by atoms with Crippen LogP contribution in [-0.2, 0) is 13.1 Å². The molecule has 3 rings (SSSR count). The van der Waals surface area contributed by atoms with E-state index in [0.717, 1.165) is 26.2 Å². The first-order valence-corrected chi connectivity index (χ1v) is 10.0. The van der Waals surface area contributed by atoms with Crippen molar-refractivity contribution in [3.8, 4) is 11.1 Å². The molecule has 0 saturated carbocycles. The summed E-state index contributed by atoms with van der Waals surface area (Å²) in [6.07, 6.45) is 0. The Bertz CT molecular complexity index is 717. The molecular weight excluding hydrogens is 332 g/mol. The van der Waals surface area contributed by atoms with Crippen LogP contribution < -0.4 is 0 Å². The van der Waals surface area contributed by atoms with Crippen molar-refractivity contribution in [1.82, 2.24) is 9.80 Å². The van der Waals surface area contributed by atoms with Crippen molar-refractivity contribution < 1.29 is 0 Å². The van der Waals surface area contributed by atoms with Gasteiger partial charge in [0.2, 0.25) is 0 Å². The zero-order valence-electron chi connectivity index (χ0n) is 14.3. The lowest BCUT2D eigenvalue weighted by atomic mass is 10.1. The molecule has 4 heteroatoms. The maximum absolute atomic E-state index is 2.54. The Balaban J connectivity index is 1.68. The quantitative estimate of drug-likeness (QED) is 0.558. The largest absolute Gasteiger partial charge is 0.308 e. The minimum atomic E-state index is 1.02. The van der Waals surface area contributed by atoms with E-state index in [9.17, 15) is 0 Å². The molecule has 2 heterocycles. The van der Waals surface area contributed by atoms with E-state index in [1.165, 1.54) is 21.6 Å². The molecule has 0 aliphatic carbocycles. The number of hydrogen-bond donors (Lipinski definition) is 0. The van der Waals surface area contributed by atoms with Gasteiger partial charge in [-0.3, -0.25) is 4.90 Å². The van der Waals surface area contributed by atoms with E-state index in [2.05, 4.69) is 82.5 Å². The fourth-order valence-corrected chi connectivity index (χ4v) is 4.26. The highest BCUT2D eigenvalue weighted by Crippen LogP contribution is 2.26. The highest BCUT2D eigenvalue weighted by molar-refractivity contribution is 7.10. The molecule has 0 N–H and O–H groups in total. The molecule has 0 saturated heterocycles. The third-order valence-electron chi connectivity index (χ3n) is 3.99. The fraction of sp³-hybridized carbons (Fsp3) is 0.300. The normalized spacial score (nSPS) is 11.5. The van der Waals surface area contributed by atoms with Gasteiger partial charge in [-0.1, -0.05) is 30.3 Å². The number of rotatable bonds is 8. The second-order valence-electron chi connectivity index (χ2n) is 6.31. The van der Waals surface area contributed by atoms with Gasteiger partial charge in [-0.25, -0.2) is 0 Å². The van der Waals surface area contributed by atoms with Crippen LogP contribution in [0.25, 0.3) is 11.1 Å². The van der Waals surface area contributed by atoms with E-state index in [1.807, 2.05) is 11.3 Å². The van der Waals surface area contributed by atoms with Gasteiger partial charge >= 0.3 is 0 Å². The molecule has 3 aromatic rings. The zero-order chi connectivity index (χ0) is 16.8. The van der Waals surface area contributed by atoms with E-state index < -0.39 is 0 Å². The van der Waals surface area contributed by atoms with Crippen LogP contribution in [0.15, 0.2) is 58.6 Å². The van der Waals surface area contributed by atoms with Gasteiger partial charge in [0.1, 0.15) is 0 Å². The minimum Gasteiger partial charge on any atom is -0.308 e. The Hall–Kier alpha value is -1.46. The third kappa shape index (κ3) is 5.02. The highest BCUT2D eigenvalue weighted by Gasteiger charge is 2.10. The molecule has 24 heavy (non-hydrogen) atoms. The van der Waals surface area contributed by atoms with Crippen molar-refractivity contribution in [3.05, 3.63) is 69.0 Å². The molecule has 126 valence electrons. The van der Waals surface area contributed by atoms with Crippen molar-refractivity contribution in [2.75, 3.05) is 27.2 Å². The van der Waals surface area contributed by atoms with E-state index in [0.29, 0.717) is 0 Å². The summed E-state index contributed by atoms with van der Waals surface area (Å²) in [7, 11) is 4.28. The Morgan fingerprint density at radius 2 is 1.71 bits per heavy atom. The van der Waals surface area contributed by atoms with E-state index in [-0.39, 0.29) is 0 Å². The monoisotopic (exact) mass is 356 g/mol. The zero-order valence-corrected chi connectivity index (χ0v) is 15.9. The standard InChI is InChI=1S/C20H24N2S2/c1-21(2)9-10-22(13-17-8-11-23-15-17)14-20-12-19(16-24-20)18-6-4-3-5-7-18/h3-8,11-12,15-16H,9-10,13-14H2,1-2H3. The smallest absolute Gasteiger partial charge is 0.0332 e. The lowest BCUT2D eigenvalue weighted by Gasteiger charge is -2.23. The Morgan fingerprint density at radius 3 is 2.42 bits per heavy atom. The van der Waals surface area contributed by atoms with Crippen LogP contribution in [0.4, 0.5) is 0 Å². The molecule has 2 nitrogen and oxygen atoms in total. The van der Waals surface area contributed by atoms with Gasteiger partial charge in [-0.2, -0.15) is 11.3 Å². The summed E-state index contributed by atoms with van der Waals surface area (Å²) in [5.41, 5.74) is 4.05. The first-order valence-electron chi connectivity index (χ1n) is 8.22. The van der Waals surface area contributed by atoms with Gasteiger partial charge in [0, 0.05) is 31.1 Å². The Morgan fingerprint density at radius 1 is 0.875 bits per heavy atom.